The highest BCUT2D eigenvalue weighted by molar-refractivity contribution is 6.31. The first-order valence-corrected chi connectivity index (χ1v) is 6.59. The monoisotopic (exact) mass is 295 g/mol. The molecule has 0 unspecified atom stereocenters. The summed E-state index contributed by atoms with van der Waals surface area (Å²) in [5.74, 6) is -0.238. The number of hydrogen-bond acceptors (Lipinski definition) is 3. The Balaban J connectivity index is 2.21. The first kappa shape index (κ1) is 13.2. The summed E-state index contributed by atoms with van der Waals surface area (Å²) in [5.41, 5.74) is 8.16. The number of halogens is 1. The van der Waals surface area contributed by atoms with Crippen LogP contribution in [0.1, 0.15) is 21.5 Å². The Kier molecular flexibility index (Phi) is 3.13. The maximum atomic E-state index is 12.7. The van der Waals surface area contributed by atoms with Crippen molar-refractivity contribution in [3.05, 3.63) is 64.3 Å². The fourth-order valence-corrected chi connectivity index (χ4v) is 2.52. The lowest BCUT2D eigenvalue weighted by molar-refractivity contribution is 0.104. The van der Waals surface area contributed by atoms with E-state index in [0.29, 0.717) is 32.8 Å². The van der Waals surface area contributed by atoms with Crippen LogP contribution in [-0.2, 0) is 0 Å². The number of anilines is 1. The zero-order valence-electron chi connectivity index (χ0n) is 10.9. The van der Waals surface area contributed by atoms with Crippen molar-refractivity contribution >= 4 is 34.0 Å². The van der Waals surface area contributed by atoms with E-state index in [0.717, 1.165) is 5.52 Å². The molecule has 3 N–H and O–H groups in total. The van der Waals surface area contributed by atoms with Crippen molar-refractivity contribution in [1.29, 1.82) is 5.26 Å². The zero-order chi connectivity index (χ0) is 15.0. The Labute approximate surface area is 125 Å². The van der Waals surface area contributed by atoms with Crippen LogP contribution in [0.25, 0.3) is 10.9 Å². The van der Waals surface area contributed by atoms with Crippen LogP contribution in [-0.4, -0.2) is 10.8 Å². The molecule has 2 aromatic carbocycles. The number of carbonyl (C=O) groups is 1. The molecule has 3 rings (SSSR count). The lowest BCUT2D eigenvalue weighted by Gasteiger charge is -2.05. The van der Waals surface area contributed by atoms with Gasteiger partial charge in [0, 0.05) is 38.9 Å². The first-order valence-electron chi connectivity index (χ1n) is 6.21. The molecule has 5 heteroatoms. The Morgan fingerprint density at radius 1 is 1.24 bits per heavy atom. The molecule has 4 nitrogen and oxygen atoms in total. The molecular weight excluding hydrogens is 286 g/mol. The van der Waals surface area contributed by atoms with Gasteiger partial charge in [-0.25, -0.2) is 0 Å². The number of nitrogens with one attached hydrogen (secondary N) is 1. The average molecular weight is 296 g/mol. The Bertz CT molecular complexity index is 906. The summed E-state index contributed by atoms with van der Waals surface area (Å²) in [7, 11) is 0. The lowest BCUT2D eigenvalue weighted by atomic mass is 9.99. The molecule has 102 valence electrons. The summed E-state index contributed by atoms with van der Waals surface area (Å²) >= 11 is 5.85. The van der Waals surface area contributed by atoms with E-state index in [1.54, 1.807) is 30.5 Å². The third-order valence-corrected chi connectivity index (χ3v) is 3.56. The third-order valence-electron chi connectivity index (χ3n) is 3.33. The van der Waals surface area contributed by atoms with E-state index in [9.17, 15) is 10.1 Å². The number of ketones is 1. The van der Waals surface area contributed by atoms with Crippen molar-refractivity contribution in [3.8, 4) is 6.07 Å². The number of carbonyl (C=O) groups excluding carboxylic acids is 1. The molecule has 0 saturated heterocycles. The van der Waals surface area contributed by atoms with Crippen molar-refractivity contribution < 1.29 is 4.79 Å². The Hall–Kier alpha value is -2.77. The quantitative estimate of drug-likeness (QED) is 0.560. The first-order chi connectivity index (χ1) is 10.1. The fraction of sp³-hybridized carbons (Fsp3) is 0. The molecule has 0 amide bonds. The predicted molar refractivity (Wildman–Crippen MR) is 82.3 cm³/mol. The molecule has 3 aromatic rings. The van der Waals surface area contributed by atoms with Gasteiger partial charge in [0.05, 0.1) is 11.6 Å². The second-order valence-corrected chi connectivity index (χ2v) is 5.04. The largest absolute Gasteiger partial charge is 0.398 e. The third kappa shape index (κ3) is 2.14. The van der Waals surface area contributed by atoms with Crippen molar-refractivity contribution in [3.63, 3.8) is 0 Å². The van der Waals surface area contributed by atoms with Crippen molar-refractivity contribution in [1.82, 2.24) is 4.98 Å². The highest BCUT2D eigenvalue weighted by Crippen LogP contribution is 2.27. The normalized spacial score (nSPS) is 10.5. The maximum absolute atomic E-state index is 12.7. The van der Waals surface area contributed by atoms with E-state index in [-0.39, 0.29) is 5.78 Å². The predicted octanol–water partition coefficient (Wildman–Crippen LogP) is 3.51. The number of rotatable bonds is 2. The Morgan fingerprint density at radius 3 is 2.76 bits per heavy atom. The number of nitrogens with zero attached hydrogens (tertiary/aromatic N) is 1. The summed E-state index contributed by atoms with van der Waals surface area (Å²) in [6, 6.07) is 12.1. The number of hydrogen-bond donors (Lipinski definition) is 2. The van der Waals surface area contributed by atoms with Gasteiger partial charge >= 0.3 is 0 Å². The SMILES string of the molecule is N#Cc1cccc2[nH]cc(C(=O)c3ccc(Cl)cc3N)c12. The molecule has 0 spiro atoms. The van der Waals surface area contributed by atoms with Crippen LogP contribution in [0.2, 0.25) is 5.02 Å². The van der Waals surface area contributed by atoms with Gasteiger partial charge in [-0.1, -0.05) is 17.7 Å². The average Bonchev–Trinajstić information content (AvgIpc) is 2.90. The van der Waals surface area contributed by atoms with E-state index >= 15 is 0 Å². The summed E-state index contributed by atoms with van der Waals surface area (Å²) in [5, 5.41) is 10.3. The van der Waals surface area contributed by atoms with E-state index in [1.165, 1.54) is 6.07 Å². The molecule has 0 aliphatic carbocycles. The highest BCUT2D eigenvalue weighted by atomic mass is 35.5. The zero-order valence-corrected chi connectivity index (χ0v) is 11.6. The maximum Gasteiger partial charge on any atom is 0.197 e. The van der Waals surface area contributed by atoms with Gasteiger partial charge in [-0.15, -0.1) is 0 Å². The number of fused-ring (bicyclic) bond motifs is 1. The van der Waals surface area contributed by atoms with Gasteiger partial charge in [0.25, 0.3) is 0 Å². The molecule has 0 aliphatic heterocycles. The molecule has 0 fully saturated rings. The van der Waals surface area contributed by atoms with Gasteiger partial charge in [0.1, 0.15) is 0 Å². The molecule has 0 radical (unpaired) electrons. The minimum absolute atomic E-state index is 0.238. The standard InChI is InChI=1S/C16H10ClN3O/c17-10-4-5-11(13(19)6-10)16(21)12-8-20-14-3-1-2-9(7-18)15(12)14/h1-6,8,20H,19H2. The van der Waals surface area contributed by atoms with Gasteiger partial charge in [-0.3, -0.25) is 4.79 Å². The topological polar surface area (TPSA) is 82.7 Å². The van der Waals surface area contributed by atoms with Crippen LogP contribution in [0.3, 0.4) is 0 Å². The van der Waals surface area contributed by atoms with Crippen LogP contribution in [0.4, 0.5) is 5.69 Å². The molecule has 1 heterocycles. The van der Waals surface area contributed by atoms with Gasteiger partial charge in [-0.05, 0) is 30.3 Å². The molecule has 1 aromatic heterocycles. The second kappa shape index (κ2) is 4.97. The van der Waals surface area contributed by atoms with Crippen LogP contribution in [0, 0.1) is 11.3 Å². The lowest BCUT2D eigenvalue weighted by Crippen LogP contribution is -2.05. The smallest absolute Gasteiger partial charge is 0.197 e. The van der Waals surface area contributed by atoms with Crippen LogP contribution < -0.4 is 5.73 Å². The number of nitrogens with two attached hydrogens (primary N) is 1. The summed E-state index contributed by atoms with van der Waals surface area (Å²) in [6.07, 6.45) is 1.60. The number of aromatic amines is 1. The van der Waals surface area contributed by atoms with E-state index in [1.807, 2.05) is 6.07 Å². The number of benzene rings is 2. The molecule has 0 bridgehead atoms. The minimum Gasteiger partial charge on any atom is -0.398 e. The minimum atomic E-state index is -0.238. The van der Waals surface area contributed by atoms with Crippen molar-refractivity contribution in [2.45, 2.75) is 0 Å². The van der Waals surface area contributed by atoms with Crippen molar-refractivity contribution in [2.24, 2.45) is 0 Å². The molecular formula is C16H10ClN3O. The fourth-order valence-electron chi connectivity index (χ4n) is 2.34. The van der Waals surface area contributed by atoms with Crippen LogP contribution in [0.5, 0.6) is 0 Å². The number of H-pyrrole nitrogens is 1. The highest BCUT2D eigenvalue weighted by Gasteiger charge is 2.18. The van der Waals surface area contributed by atoms with Crippen LogP contribution >= 0.6 is 11.6 Å². The molecule has 21 heavy (non-hydrogen) atoms. The summed E-state index contributed by atoms with van der Waals surface area (Å²) in [6.45, 7) is 0. The van der Waals surface area contributed by atoms with E-state index in [4.69, 9.17) is 17.3 Å². The molecule has 0 aliphatic rings. The summed E-state index contributed by atoms with van der Waals surface area (Å²) < 4.78 is 0. The van der Waals surface area contributed by atoms with Gasteiger partial charge < -0.3 is 10.7 Å². The number of aromatic nitrogens is 1. The van der Waals surface area contributed by atoms with Crippen LogP contribution in [0.15, 0.2) is 42.6 Å². The van der Waals surface area contributed by atoms with Crippen molar-refractivity contribution in [2.75, 3.05) is 5.73 Å². The molecule has 0 saturated carbocycles. The number of nitriles is 1. The number of nitrogen functional groups attached to an aromatic ring is 1. The van der Waals surface area contributed by atoms with E-state index in [2.05, 4.69) is 11.1 Å². The Morgan fingerprint density at radius 2 is 2.05 bits per heavy atom. The van der Waals surface area contributed by atoms with Gasteiger partial charge in [0.2, 0.25) is 0 Å². The van der Waals surface area contributed by atoms with Gasteiger partial charge in [0.15, 0.2) is 5.78 Å². The summed E-state index contributed by atoms with van der Waals surface area (Å²) in [4.78, 5) is 15.7. The molecule has 0 atom stereocenters. The second-order valence-electron chi connectivity index (χ2n) is 4.60. The van der Waals surface area contributed by atoms with E-state index < -0.39 is 0 Å². The van der Waals surface area contributed by atoms with Gasteiger partial charge in [-0.2, -0.15) is 5.26 Å².